The van der Waals surface area contributed by atoms with Crippen LogP contribution in [0.15, 0.2) is 31.0 Å². The van der Waals surface area contributed by atoms with Crippen LogP contribution < -0.4 is 10.6 Å². The quantitative estimate of drug-likeness (QED) is 0.729. The molecule has 0 saturated heterocycles. The van der Waals surface area contributed by atoms with Crippen LogP contribution in [0.1, 0.15) is 36.6 Å². The molecule has 2 N–H and O–H groups in total. The minimum absolute atomic E-state index is 0.472. The van der Waals surface area contributed by atoms with Crippen LogP contribution in [0, 0.1) is 18.6 Å². The van der Waals surface area contributed by atoms with Crippen molar-refractivity contribution in [3.8, 4) is 0 Å². The van der Waals surface area contributed by atoms with Gasteiger partial charge in [0, 0.05) is 31.0 Å². The van der Waals surface area contributed by atoms with Crippen molar-refractivity contribution in [2.24, 2.45) is 7.05 Å². The first kappa shape index (κ1) is 19.2. The minimum atomic E-state index is -0.874. The second-order valence-electron chi connectivity index (χ2n) is 6.42. The minimum Gasteiger partial charge on any atom is -0.354 e. The molecule has 0 aliphatic heterocycles. The predicted molar refractivity (Wildman–Crippen MR) is 101 cm³/mol. The van der Waals surface area contributed by atoms with Crippen molar-refractivity contribution >= 4 is 11.4 Å². The Hall–Kier alpha value is -2.14. The van der Waals surface area contributed by atoms with E-state index in [1.165, 1.54) is 17.2 Å². The zero-order valence-corrected chi connectivity index (χ0v) is 15.4. The number of aryl methyl sites for hydroxylation is 2. The molecule has 2 aromatic rings. The SMILES string of the molecule is C=C(Nc1ccc(F)c(F)c1)c1c(CCC(CC)NC)c(C)cn1C. The second kappa shape index (κ2) is 8.30. The van der Waals surface area contributed by atoms with Gasteiger partial charge in [-0.3, -0.25) is 0 Å². The molecule has 5 heteroatoms. The summed E-state index contributed by atoms with van der Waals surface area (Å²) in [4.78, 5) is 0. The highest BCUT2D eigenvalue weighted by atomic mass is 19.2. The van der Waals surface area contributed by atoms with Crippen LogP contribution in [-0.4, -0.2) is 17.7 Å². The van der Waals surface area contributed by atoms with E-state index in [1.807, 2.05) is 18.7 Å². The van der Waals surface area contributed by atoms with Gasteiger partial charge in [0.2, 0.25) is 0 Å². The first-order chi connectivity index (χ1) is 11.9. The Balaban J connectivity index is 2.22. The molecule has 3 nitrogen and oxygen atoms in total. The summed E-state index contributed by atoms with van der Waals surface area (Å²) in [7, 11) is 3.95. The molecule has 0 amide bonds. The summed E-state index contributed by atoms with van der Waals surface area (Å²) in [5, 5.41) is 6.43. The molecule has 0 saturated carbocycles. The van der Waals surface area contributed by atoms with Crippen LogP contribution in [0.2, 0.25) is 0 Å². The average Bonchev–Trinajstić information content (AvgIpc) is 2.85. The third-order valence-corrected chi connectivity index (χ3v) is 4.65. The standard InChI is InChI=1S/C20H27F2N3/c1-6-15(23-4)7-9-17-13(2)12-25(5)20(17)14(3)24-16-8-10-18(21)19(22)11-16/h8,10-12,15,23-24H,3,6-7,9H2,1-2,4-5H3. The molecule has 1 unspecified atom stereocenters. The number of anilines is 1. The van der Waals surface area contributed by atoms with E-state index in [-0.39, 0.29) is 0 Å². The Morgan fingerprint density at radius 3 is 2.60 bits per heavy atom. The molecule has 1 aromatic heterocycles. The second-order valence-corrected chi connectivity index (χ2v) is 6.42. The molecule has 2 rings (SSSR count). The molecule has 136 valence electrons. The number of aromatic nitrogens is 1. The first-order valence-corrected chi connectivity index (χ1v) is 8.60. The fourth-order valence-corrected chi connectivity index (χ4v) is 3.22. The Bertz CT molecular complexity index is 746. The summed E-state index contributed by atoms with van der Waals surface area (Å²) in [6, 6.07) is 4.23. The lowest BCUT2D eigenvalue weighted by Gasteiger charge is -2.17. The van der Waals surface area contributed by atoms with Crippen molar-refractivity contribution in [3.05, 3.63) is 59.4 Å². The molecule has 25 heavy (non-hydrogen) atoms. The van der Waals surface area contributed by atoms with Crippen molar-refractivity contribution < 1.29 is 8.78 Å². The van der Waals surface area contributed by atoms with E-state index in [0.29, 0.717) is 17.4 Å². The maximum absolute atomic E-state index is 13.4. The molecule has 0 spiro atoms. The highest BCUT2D eigenvalue weighted by Gasteiger charge is 2.16. The van der Waals surface area contributed by atoms with Crippen LogP contribution in [0.25, 0.3) is 5.70 Å². The first-order valence-electron chi connectivity index (χ1n) is 8.60. The Morgan fingerprint density at radius 1 is 1.28 bits per heavy atom. The molecular weight excluding hydrogens is 320 g/mol. The third-order valence-electron chi connectivity index (χ3n) is 4.65. The molecule has 0 fully saturated rings. The summed E-state index contributed by atoms with van der Waals surface area (Å²) in [5.41, 5.74) is 4.59. The smallest absolute Gasteiger partial charge is 0.160 e. The maximum Gasteiger partial charge on any atom is 0.160 e. The third kappa shape index (κ3) is 4.48. The van der Waals surface area contributed by atoms with Crippen molar-refractivity contribution in [3.63, 3.8) is 0 Å². The van der Waals surface area contributed by atoms with Gasteiger partial charge in [0.15, 0.2) is 11.6 Å². The lowest BCUT2D eigenvalue weighted by Crippen LogP contribution is -2.24. The molecule has 0 bridgehead atoms. The van der Waals surface area contributed by atoms with Crippen LogP contribution in [0.4, 0.5) is 14.5 Å². The summed E-state index contributed by atoms with van der Waals surface area (Å²) in [5.74, 6) is -1.73. The lowest BCUT2D eigenvalue weighted by molar-refractivity contribution is 0.508. The van der Waals surface area contributed by atoms with Crippen LogP contribution >= 0.6 is 0 Å². The zero-order chi connectivity index (χ0) is 18.6. The summed E-state index contributed by atoms with van der Waals surface area (Å²) >= 11 is 0. The van der Waals surface area contributed by atoms with Gasteiger partial charge in [0.1, 0.15) is 0 Å². The van der Waals surface area contributed by atoms with Crippen molar-refractivity contribution in [2.75, 3.05) is 12.4 Å². The Labute approximate surface area is 148 Å². The number of hydrogen-bond donors (Lipinski definition) is 2. The van der Waals surface area contributed by atoms with Gasteiger partial charge in [0.25, 0.3) is 0 Å². The van der Waals surface area contributed by atoms with Gasteiger partial charge in [-0.1, -0.05) is 13.5 Å². The normalized spacial score (nSPS) is 12.2. The van der Waals surface area contributed by atoms with Crippen LogP contribution in [0.3, 0.4) is 0 Å². The van der Waals surface area contributed by atoms with Gasteiger partial charge in [-0.25, -0.2) is 8.78 Å². The molecule has 0 aliphatic carbocycles. The topological polar surface area (TPSA) is 29.0 Å². The number of nitrogens with zero attached hydrogens (tertiary/aromatic N) is 1. The average molecular weight is 347 g/mol. The number of nitrogens with one attached hydrogen (secondary N) is 2. The fraction of sp³-hybridized carbons (Fsp3) is 0.400. The molecule has 0 aliphatic rings. The maximum atomic E-state index is 13.4. The van der Waals surface area contributed by atoms with Gasteiger partial charge in [-0.15, -0.1) is 0 Å². The summed E-state index contributed by atoms with van der Waals surface area (Å²) in [6.07, 6.45) is 5.11. The highest BCUT2D eigenvalue weighted by Crippen LogP contribution is 2.26. The van der Waals surface area contributed by atoms with E-state index >= 15 is 0 Å². The zero-order valence-electron chi connectivity index (χ0n) is 15.4. The van der Waals surface area contributed by atoms with Gasteiger partial charge in [-0.2, -0.15) is 0 Å². The van der Waals surface area contributed by atoms with E-state index in [9.17, 15) is 8.78 Å². The van der Waals surface area contributed by atoms with Gasteiger partial charge < -0.3 is 15.2 Å². The predicted octanol–water partition coefficient (Wildman–Crippen LogP) is 4.63. The number of halogens is 2. The van der Waals surface area contributed by atoms with Gasteiger partial charge in [-0.05, 0) is 56.5 Å². The largest absolute Gasteiger partial charge is 0.354 e. The monoisotopic (exact) mass is 347 g/mol. The van der Waals surface area contributed by atoms with E-state index < -0.39 is 11.6 Å². The molecule has 1 aromatic carbocycles. The van der Waals surface area contributed by atoms with E-state index in [2.05, 4.69) is 37.3 Å². The van der Waals surface area contributed by atoms with Gasteiger partial charge in [0.05, 0.1) is 11.4 Å². The number of rotatable bonds is 8. The van der Waals surface area contributed by atoms with Crippen molar-refractivity contribution in [1.29, 1.82) is 0 Å². The summed E-state index contributed by atoms with van der Waals surface area (Å²) in [6.45, 7) is 8.37. The summed E-state index contributed by atoms with van der Waals surface area (Å²) < 4.78 is 28.6. The van der Waals surface area contributed by atoms with Crippen molar-refractivity contribution in [2.45, 2.75) is 39.2 Å². The van der Waals surface area contributed by atoms with Crippen LogP contribution in [-0.2, 0) is 13.5 Å². The van der Waals surface area contributed by atoms with Crippen molar-refractivity contribution in [1.82, 2.24) is 9.88 Å². The lowest BCUT2D eigenvalue weighted by atomic mass is 10.00. The number of hydrogen-bond acceptors (Lipinski definition) is 2. The van der Waals surface area contributed by atoms with E-state index in [4.69, 9.17) is 0 Å². The Kier molecular flexibility index (Phi) is 6.37. The Morgan fingerprint density at radius 2 is 2.00 bits per heavy atom. The van der Waals surface area contributed by atoms with Gasteiger partial charge >= 0.3 is 0 Å². The van der Waals surface area contributed by atoms with E-state index in [1.54, 1.807) is 0 Å². The number of benzene rings is 1. The fourth-order valence-electron chi connectivity index (χ4n) is 3.22. The molecule has 0 radical (unpaired) electrons. The highest BCUT2D eigenvalue weighted by molar-refractivity contribution is 5.76. The molecular formula is C20H27F2N3. The van der Waals surface area contributed by atoms with Crippen LogP contribution in [0.5, 0.6) is 0 Å². The van der Waals surface area contributed by atoms with E-state index in [0.717, 1.165) is 37.1 Å². The molecule has 1 atom stereocenters. The molecule has 1 heterocycles.